The lowest BCUT2D eigenvalue weighted by atomic mass is 9.92. The van der Waals surface area contributed by atoms with Crippen molar-refractivity contribution in [1.29, 1.82) is 0 Å². The van der Waals surface area contributed by atoms with E-state index in [1.54, 1.807) is 35.7 Å². The van der Waals surface area contributed by atoms with E-state index in [9.17, 15) is 24.6 Å². The van der Waals surface area contributed by atoms with Crippen molar-refractivity contribution < 1.29 is 15.0 Å². The van der Waals surface area contributed by atoms with Crippen molar-refractivity contribution in [3.63, 3.8) is 0 Å². The van der Waals surface area contributed by atoms with Crippen LogP contribution in [0.4, 0.5) is 0 Å². The maximum absolute atomic E-state index is 12.7. The summed E-state index contributed by atoms with van der Waals surface area (Å²) in [5, 5.41) is 21.5. The molecule has 2 aliphatic heterocycles. The number of aromatic nitrogens is 2. The molecule has 2 aromatic rings. The number of rotatable bonds is 10. The average Bonchev–Trinajstić information content (AvgIpc) is 3.42. The minimum Gasteiger partial charge on any atom is -0.494 e. The van der Waals surface area contributed by atoms with Crippen LogP contribution in [0.15, 0.2) is 31.5 Å². The van der Waals surface area contributed by atoms with Crippen LogP contribution in [-0.4, -0.2) is 36.6 Å². The molecule has 0 fully saturated rings. The van der Waals surface area contributed by atoms with Crippen LogP contribution in [0.3, 0.4) is 0 Å². The highest BCUT2D eigenvalue weighted by atomic mass is 32.2. The summed E-state index contributed by atoms with van der Waals surface area (Å²) in [7, 11) is 0. The average molecular weight is 533 g/mol. The van der Waals surface area contributed by atoms with Crippen LogP contribution in [0.5, 0.6) is 11.8 Å². The summed E-state index contributed by atoms with van der Waals surface area (Å²) in [6.45, 7) is 7.70. The third-order valence-electron chi connectivity index (χ3n) is 7.43. The molecule has 0 atom stereocenters. The number of carbonyl (C=O) groups excluding carboxylic acids is 1. The van der Waals surface area contributed by atoms with Crippen LogP contribution in [0.25, 0.3) is 0 Å². The maximum atomic E-state index is 12.7. The number of thioether (sulfide) groups is 2. The first kappa shape index (κ1) is 26.9. The number of fused-ring (bicyclic) bond motifs is 2. The lowest BCUT2D eigenvalue weighted by Gasteiger charge is -2.30. The van der Waals surface area contributed by atoms with Crippen molar-refractivity contribution in [2.45, 2.75) is 99.9 Å². The Morgan fingerprint density at radius 3 is 1.58 bits per heavy atom. The molecule has 4 heterocycles. The van der Waals surface area contributed by atoms with Gasteiger partial charge in [-0.2, -0.15) is 0 Å². The second-order valence-corrected chi connectivity index (χ2v) is 13.3. The number of pyridine rings is 2. The fourth-order valence-electron chi connectivity index (χ4n) is 5.44. The quantitative estimate of drug-likeness (QED) is 0.453. The summed E-state index contributed by atoms with van der Waals surface area (Å²) < 4.78 is 2.95. The van der Waals surface area contributed by atoms with Gasteiger partial charge in [0.05, 0.1) is 0 Å². The molecule has 0 aliphatic carbocycles. The van der Waals surface area contributed by atoms with Crippen molar-refractivity contribution in [2.75, 3.05) is 11.5 Å². The minimum absolute atomic E-state index is 0.0599. The number of Topliss-reactive ketones (excluding diaryl/α,β-unsaturated/α-hetero) is 1. The normalized spacial score (nSPS) is 15.2. The molecule has 0 saturated heterocycles. The Morgan fingerprint density at radius 2 is 1.19 bits per heavy atom. The van der Waals surface area contributed by atoms with E-state index < -0.39 is 11.1 Å². The fraction of sp³-hybridized carbons (Fsp3) is 0.593. The van der Waals surface area contributed by atoms with Crippen LogP contribution < -0.4 is 11.1 Å². The van der Waals surface area contributed by atoms with Gasteiger partial charge in [0.15, 0.2) is 11.8 Å². The largest absolute Gasteiger partial charge is 0.494 e. The molecule has 0 spiro atoms. The molecule has 2 aliphatic rings. The number of hydrogen-bond acceptors (Lipinski definition) is 7. The Morgan fingerprint density at radius 1 is 0.806 bits per heavy atom. The van der Waals surface area contributed by atoms with E-state index in [1.807, 2.05) is 27.7 Å². The van der Waals surface area contributed by atoms with Gasteiger partial charge in [0.1, 0.15) is 5.78 Å². The van der Waals surface area contributed by atoms with Gasteiger partial charge in [0, 0.05) is 68.5 Å². The monoisotopic (exact) mass is 532 g/mol. The third kappa shape index (κ3) is 5.28. The number of ketones is 1. The van der Waals surface area contributed by atoms with Crippen LogP contribution in [-0.2, 0) is 28.7 Å². The van der Waals surface area contributed by atoms with Crippen molar-refractivity contribution in [3.05, 3.63) is 44.0 Å². The molecule has 0 bridgehead atoms. The number of carbonyl (C=O) groups is 1. The second-order valence-electron chi connectivity index (χ2n) is 11.0. The van der Waals surface area contributed by atoms with E-state index in [-0.39, 0.29) is 28.7 Å². The zero-order valence-electron chi connectivity index (χ0n) is 21.6. The summed E-state index contributed by atoms with van der Waals surface area (Å²) in [6, 6.07) is 3.23. The van der Waals surface area contributed by atoms with E-state index >= 15 is 0 Å². The maximum Gasteiger partial charge on any atom is 0.254 e. The lowest BCUT2D eigenvalue weighted by Crippen LogP contribution is -2.36. The van der Waals surface area contributed by atoms with Crippen LogP contribution in [0.1, 0.15) is 77.3 Å². The number of nitrogens with zero attached hydrogens (tertiary/aromatic N) is 2. The van der Waals surface area contributed by atoms with Crippen LogP contribution in [0, 0.1) is 0 Å². The van der Waals surface area contributed by atoms with Crippen LogP contribution >= 0.6 is 23.5 Å². The fourth-order valence-corrected chi connectivity index (χ4v) is 7.59. The van der Waals surface area contributed by atoms with Gasteiger partial charge < -0.3 is 10.2 Å². The topological polar surface area (TPSA) is 102 Å². The molecular formula is C27H36N2O5S2. The van der Waals surface area contributed by atoms with E-state index in [0.717, 1.165) is 45.3 Å². The second kappa shape index (κ2) is 10.3. The summed E-state index contributed by atoms with van der Waals surface area (Å²) >= 11 is 3.20. The molecule has 0 saturated carbocycles. The highest BCUT2D eigenvalue weighted by Gasteiger charge is 2.30. The Labute approximate surface area is 220 Å². The summed E-state index contributed by atoms with van der Waals surface area (Å²) in [4.78, 5) is 39.7. The summed E-state index contributed by atoms with van der Waals surface area (Å²) in [6.07, 6.45) is 4.75. The summed E-state index contributed by atoms with van der Waals surface area (Å²) in [5.41, 5.74) is 0.0787. The van der Waals surface area contributed by atoms with Crippen molar-refractivity contribution in [3.8, 4) is 11.8 Å². The van der Waals surface area contributed by atoms with Gasteiger partial charge in [0.25, 0.3) is 11.1 Å². The SMILES string of the molecule is CC(C)(CCCC(=O)CCCC(C)(C)n1c(O)c2c(cc1=O)SCC2)n1c(O)c2c(cc1=O)SCC2. The molecule has 196 valence electrons. The van der Waals surface area contributed by atoms with Gasteiger partial charge in [-0.3, -0.25) is 23.5 Å². The van der Waals surface area contributed by atoms with Crippen molar-refractivity contribution >= 4 is 29.3 Å². The zero-order chi connectivity index (χ0) is 26.3. The number of hydrogen-bond donors (Lipinski definition) is 2. The zero-order valence-corrected chi connectivity index (χ0v) is 23.2. The molecule has 2 aromatic heterocycles. The van der Waals surface area contributed by atoms with Crippen LogP contribution in [0.2, 0.25) is 0 Å². The van der Waals surface area contributed by atoms with E-state index in [1.165, 1.54) is 9.13 Å². The van der Waals surface area contributed by atoms with Crippen molar-refractivity contribution in [1.82, 2.24) is 9.13 Å². The summed E-state index contributed by atoms with van der Waals surface area (Å²) in [5.74, 6) is 2.01. The van der Waals surface area contributed by atoms with E-state index in [0.29, 0.717) is 38.5 Å². The highest BCUT2D eigenvalue weighted by molar-refractivity contribution is 7.99. The molecule has 0 radical (unpaired) electrons. The Balaban J connectivity index is 1.31. The standard InChI is InChI=1S/C27H36N2O5S2/c1-26(2,28-22(31)15-20-18(24(28)33)9-13-35-20)11-5-7-17(30)8-6-12-27(3,4)29-23(32)16-21-19(25(29)34)10-14-36-21/h15-16,33-34H,5-14H2,1-4H3. The first-order valence-electron chi connectivity index (χ1n) is 12.7. The molecule has 4 rings (SSSR count). The van der Waals surface area contributed by atoms with Gasteiger partial charge in [-0.05, 0) is 66.2 Å². The molecule has 36 heavy (non-hydrogen) atoms. The molecule has 0 aromatic carbocycles. The highest BCUT2D eigenvalue weighted by Crippen LogP contribution is 2.39. The predicted octanol–water partition coefficient (Wildman–Crippen LogP) is 4.80. The van der Waals surface area contributed by atoms with E-state index in [2.05, 4.69) is 0 Å². The first-order chi connectivity index (χ1) is 16.9. The molecule has 9 heteroatoms. The smallest absolute Gasteiger partial charge is 0.254 e. The lowest BCUT2D eigenvalue weighted by molar-refractivity contribution is -0.119. The minimum atomic E-state index is -0.601. The van der Waals surface area contributed by atoms with Gasteiger partial charge in [-0.25, -0.2) is 0 Å². The molecule has 0 amide bonds. The van der Waals surface area contributed by atoms with Gasteiger partial charge in [0.2, 0.25) is 0 Å². The first-order valence-corrected chi connectivity index (χ1v) is 14.6. The Bertz CT molecular complexity index is 1200. The van der Waals surface area contributed by atoms with Gasteiger partial charge in [-0.15, -0.1) is 23.5 Å². The Kier molecular flexibility index (Phi) is 7.72. The molecule has 2 N–H and O–H groups in total. The molecular weight excluding hydrogens is 496 g/mol. The molecule has 7 nitrogen and oxygen atoms in total. The Hall–Kier alpha value is -2.13. The van der Waals surface area contributed by atoms with Crippen molar-refractivity contribution in [2.24, 2.45) is 0 Å². The van der Waals surface area contributed by atoms with E-state index in [4.69, 9.17) is 0 Å². The predicted molar refractivity (Wildman–Crippen MR) is 145 cm³/mol. The molecule has 0 unspecified atom stereocenters. The van der Waals surface area contributed by atoms with Gasteiger partial charge in [-0.1, -0.05) is 0 Å². The van der Waals surface area contributed by atoms with Gasteiger partial charge >= 0.3 is 0 Å². The third-order valence-corrected chi connectivity index (χ3v) is 9.59. The number of aromatic hydroxyl groups is 2.